The van der Waals surface area contributed by atoms with Crippen LogP contribution in [0.15, 0.2) is 47.4 Å². The van der Waals surface area contributed by atoms with Crippen molar-refractivity contribution in [3.05, 3.63) is 58.1 Å². The molecular weight excluding hydrogens is 373 g/mol. The Morgan fingerprint density at radius 1 is 1.17 bits per heavy atom. The number of aryl methyl sites for hydroxylation is 1. The second kappa shape index (κ2) is 7.42. The van der Waals surface area contributed by atoms with E-state index in [4.69, 9.17) is 28.3 Å². The number of hydrogen-bond acceptors (Lipinski definition) is 3. The second-order valence-corrected chi connectivity index (χ2v) is 7.81. The number of rotatable bonds is 6. The number of aliphatic carboxylic acids is 1. The van der Waals surface area contributed by atoms with Gasteiger partial charge in [-0.05, 0) is 42.8 Å². The van der Waals surface area contributed by atoms with Gasteiger partial charge < -0.3 is 5.11 Å². The van der Waals surface area contributed by atoms with Crippen LogP contribution in [0.5, 0.6) is 0 Å². The monoisotopic (exact) mass is 387 g/mol. The van der Waals surface area contributed by atoms with Gasteiger partial charge >= 0.3 is 5.97 Å². The van der Waals surface area contributed by atoms with Crippen molar-refractivity contribution >= 4 is 44.9 Å². The third-order valence-corrected chi connectivity index (χ3v) is 5.82. The fourth-order valence-corrected chi connectivity index (χ4v) is 4.36. The van der Waals surface area contributed by atoms with E-state index < -0.39 is 16.0 Å². The summed E-state index contributed by atoms with van der Waals surface area (Å²) in [4.78, 5) is 10.8. The predicted molar refractivity (Wildman–Crippen MR) is 94.4 cm³/mol. The first-order valence-electron chi connectivity index (χ1n) is 6.98. The molecule has 0 atom stereocenters. The number of nitrogens with zero attached hydrogens (tertiary/aromatic N) is 1. The molecule has 1 N–H and O–H groups in total. The average Bonchev–Trinajstić information content (AvgIpc) is 2.49. The van der Waals surface area contributed by atoms with E-state index in [0.29, 0.717) is 5.69 Å². The summed E-state index contributed by atoms with van der Waals surface area (Å²) in [5.41, 5.74) is 1.22. The highest BCUT2D eigenvalue weighted by Gasteiger charge is 2.28. The number of halogens is 2. The van der Waals surface area contributed by atoms with E-state index in [-0.39, 0.29) is 27.9 Å². The summed E-state index contributed by atoms with van der Waals surface area (Å²) in [7, 11) is -4.07. The summed E-state index contributed by atoms with van der Waals surface area (Å²) in [5.74, 6) is -1.10. The number of benzene rings is 2. The maximum absolute atomic E-state index is 13.0. The first kappa shape index (κ1) is 18.6. The van der Waals surface area contributed by atoms with Gasteiger partial charge in [0.05, 0.1) is 17.1 Å². The first-order valence-corrected chi connectivity index (χ1v) is 9.17. The highest BCUT2D eigenvalue weighted by atomic mass is 35.5. The van der Waals surface area contributed by atoms with E-state index in [9.17, 15) is 13.2 Å². The van der Waals surface area contributed by atoms with Crippen LogP contribution in [0.4, 0.5) is 5.69 Å². The Labute approximate surface area is 150 Å². The molecule has 0 heterocycles. The number of hydrogen-bond donors (Lipinski definition) is 1. The third-order valence-electron chi connectivity index (χ3n) is 3.28. The van der Waals surface area contributed by atoms with Gasteiger partial charge in [0.15, 0.2) is 0 Å². The van der Waals surface area contributed by atoms with Crippen LogP contribution in [0.3, 0.4) is 0 Å². The van der Waals surface area contributed by atoms with Crippen molar-refractivity contribution in [2.75, 3.05) is 10.8 Å². The van der Waals surface area contributed by atoms with Gasteiger partial charge in [-0.3, -0.25) is 9.10 Å². The van der Waals surface area contributed by atoms with E-state index in [1.807, 2.05) is 13.0 Å². The van der Waals surface area contributed by atoms with E-state index in [0.717, 1.165) is 9.87 Å². The van der Waals surface area contributed by atoms with Crippen LogP contribution in [0.1, 0.15) is 12.0 Å². The highest BCUT2D eigenvalue weighted by molar-refractivity contribution is 7.93. The summed E-state index contributed by atoms with van der Waals surface area (Å²) in [6.07, 6.45) is -0.342. The van der Waals surface area contributed by atoms with E-state index in [1.165, 1.54) is 18.2 Å². The number of carboxylic acid groups (broad SMARTS) is 1. The molecule has 0 aliphatic heterocycles. The first-order chi connectivity index (χ1) is 11.2. The van der Waals surface area contributed by atoms with Crippen LogP contribution in [-0.4, -0.2) is 26.0 Å². The molecule has 2 rings (SSSR count). The van der Waals surface area contributed by atoms with E-state index >= 15 is 0 Å². The summed E-state index contributed by atoms with van der Waals surface area (Å²) in [6, 6.07) is 10.9. The van der Waals surface area contributed by atoms with Gasteiger partial charge in [-0.25, -0.2) is 8.42 Å². The maximum Gasteiger partial charge on any atom is 0.305 e. The van der Waals surface area contributed by atoms with Gasteiger partial charge in [0.1, 0.15) is 4.90 Å². The van der Waals surface area contributed by atoms with Gasteiger partial charge in [-0.1, -0.05) is 35.3 Å². The van der Waals surface area contributed by atoms with Crippen molar-refractivity contribution in [3.8, 4) is 0 Å². The summed E-state index contributed by atoms with van der Waals surface area (Å²) >= 11 is 11.9. The predicted octanol–water partition coefficient (Wildman–Crippen LogP) is 3.97. The molecule has 2 aromatic rings. The molecular formula is C16H15Cl2NO4S. The molecule has 128 valence electrons. The smallest absolute Gasteiger partial charge is 0.305 e. The number of sulfonamides is 1. The lowest BCUT2D eigenvalue weighted by molar-refractivity contribution is -0.136. The molecule has 0 aliphatic rings. The number of carbonyl (C=O) groups is 1. The third kappa shape index (κ3) is 4.20. The van der Waals surface area contributed by atoms with Crippen molar-refractivity contribution < 1.29 is 18.3 Å². The quantitative estimate of drug-likeness (QED) is 0.813. The van der Waals surface area contributed by atoms with Gasteiger partial charge in [-0.2, -0.15) is 0 Å². The Morgan fingerprint density at radius 2 is 1.88 bits per heavy atom. The molecule has 24 heavy (non-hydrogen) atoms. The molecule has 0 spiro atoms. The van der Waals surface area contributed by atoms with Gasteiger partial charge in [0, 0.05) is 11.6 Å². The molecule has 2 aromatic carbocycles. The highest BCUT2D eigenvalue weighted by Crippen LogP contribution is 2.31. The minimum absolute atomic E-state index is 0.0207. The van der Waals surface area contributed by atoms with E-state index in [2.05, 4.69) is 0 Å². The molecule has 0 aromatic heterocycles. The zero-order valence-electron chi connectivity index (χ0n) is 12.7. The second-order valence-electron chi connectivity index (χ2n) is 5.13. The van der Waals surface area contributed by atoms with Crippen LogP contribution >= 0.6 is 23.2 Å². The minimum atomic E-state index is -4.07. The van der Waals surface area contributed by atoms with Crippen LogP contribution in [0, 0.1) is 6.92 Å². The summed E-state index contributed by atoms with van der Waals surface area (Å²) in [6.45, 7) is 1.60. The molecule has 0 fully saturated rings. The van der Waals surface area contributed by atoms with Crippen molar-refractivity contribution in [1.29, 1.82) is 0 Å². The summed E-state index contributed by atoms with van der Waals surface area (Å²) in [5, 5.41) is 9.17. The van der Waals surface area contributed by atoms with Crippen molar-refractivity contribution in [2.45, 2.75) is 18.2 Å². The van der Waals surface area contributed by atoms with Gasteiger partial charge in [-0.15, -0.1) is 0 Å². The Hall–Kier alpha value is -1.76. The standard InChI is InChI=1S/C16H15Cl2NO4S/c1-11-3-2-4-13(9-11)19(8-7-16(20)21)24(22,23)15-10-12(17)5-6-14(15)18/h2-6,9-10H,7-8H2,1H3,(H,20,21). The lowest BCUT2D eigenvalue weighted by Gasteiger charge is -2.25. The molecule has 0 aliphatic carbocycles. The lowest BCUT2D eigenvalue weighted by Crippen LogP contribution is -2.33. The van der Waals surface area contributed by atoms with Crippen LogP contribution < -0.4 is 4.31 Å². The van der Waals surface area contributed by atoms with Crippen molar-refractivity contribution in [2.24, 2.45) is 0 Å². The Bertz CT molecular complexity index is 868. The minimum Gasteiger partial charge on any atom is -0.481 e. The normalized spacial score (nSPS) is 11.3. The van der Waals surface area contributed by atoms with Crippen LogP contribution in [0.2, 0.25) is 10.0 Å². The Balaban J connectivity index is 2.56. The maximum atomic E-state index is 13.0. The molecule has 8 heteroatoms. The van der Waals surface area contributed by atoms with Gasteiger partial charge in [0.25, 0.3) is 10.0 Å². The molecule has 0 saturated carbocycles. The fourth-order valence-electron chi connectivity index (χ4n) is 2.16. The Kier molecular flexibility index (Phi) is 5.74. The summed E-state index contributed by atoms with van der Waals surface area (Å²) < 4.78 is 27.1. The van der Waals surface area contributed by atoms with Crippen molar-refractivity contribution in [1.82, 2.24) is 0 Å². The average molecular weight is 388 g/mol. The SMILES string of the molecule is Cc1cccc(N(CCC(=O)O)S(=O)(=O)c2cc(Cl)ccc2Cl)c1. The molecule has 0 saturated heterocycles. The topological polar surface area (TPSA) is 74.7 Å². The molecule has 0 amide bonds. The lowest BCUT2D eigenvalue weighted by atomic mass is 10.2. The van der Waals surface area contributed by atoms with E-state index in [1.54, 1.807) is 18.2 Å². The van der Waals surface area contributed by atoms with Gasteiger partial charge in [0.2, 0.25) is 0 Å². The van der Waals surface area contributed by atoms with Crippen LogP contribution in [0.25, 0.3) is 0 Å². The zero-order valence-corrected chi connectivity index (χ0v) is 15.1. The number of anilines is 1. The Morgan fingerprint density at radius 3 is 2.50 bits per heavy atom. The molecule has 0 unspecified atom stereocenters. The van der Waals surface area contributed by atoms with Crippen molar-refractivity contribution in [3.63, 3.8) is 0 Å². The fraction of sp³-hybridized carbons (Fsp3) is 0.188. The largest absolute Gasteiger partial charge is 0.481 e. The molecule has 0 radical (unpaired) electrons. The number of carboxylic acids is 1. The molecule has 5 nitrogen and oxygen atoms in total. The molecule has 0 bridgehead atoms. The van der Waals surface area contributed by atoms with Crippen LogP contribution in [-0.2, 0) is 14.8 Å². The zero-order chi connectivity index (χ0) is 17.9.